The molecule has 9 heteroatoms. The van der Waals surface area contributed by atoms with Crippen LogP contribution in [0.2, 0.25) is 5.02 Å². The van der Waals surface area contributed by atoms with E-state index in [0.29, 0.717) is 25.8 Å². The Morgan fingerprint density at radius 1 is 1.27 bits per heavy atom. The van der Waals surface area contributed by atoms with Crippen LogP contribution in [-0.4, -0.2) is 34.9 Å². The molecule has 4 aromatic rings. The number of aromatic hydroxyl groups is 1. The third-order valence-corrected chi connectivity index (χ3v) is 5.59. The van der Waals surface area contributed by atoms with Crippen molar-refractivity contribution in [3.05, 3.63) is 68.1 Å². The molecule has 0 saturated carbocycles. The van der Waals surface area contributed by atoms with Crippen molar-refractivity contribution in [2.24, 2.45) is 0 Å². The highest BCUT2D eigenvalue weighted by atomic mass is 35.5. The molecule has 2 heterocycles. The number of nitrogens with zero attached hydrogens (tertiary/aromatic N) is 2. The first-order valence-corrected chi connectivity index (χ1v) is 10.1. The van der Waals surface area contributed by atoms with Crippen LogP contribution in [0.15, 0.2) is 47.4 Å². The molecule has 1 N–H and O–H groups in total. The van der Waals surface area contributed by atoms with Crippen LogP contribution in [0.25, 0.3) is 22.3 Å². The number of hydrogen-bond donors (Lipinski definition) is 1. The molecule has 6 nitrogen and oxygen atoms in total. The standard InChI is InChI=1S/C21H16ClFN2O4S/c1-28-16-8-12(9-17(19(16)26)29-7-6-23)10-18-20(27)25-11-15(24-21(25)30-18)13-2-4-14(22)5-3-13/h2-5,8-11,26H,6-7H2,1H3. The minimum atomic E-state index is -0.696. The fourth-order valence-corrected chi connectivity index (χ4v) is 4.03. The van der Waals surface area contributed by atoms with Crippen molar-refractivity contribution in [1.29, 1.82) is 0 Å². The fraction of sp³-hybridized carbons (Fsp3) is 0.143. The van der Waals surface area contributed by atoms with Crippen molar-refractivity contribution in [2.75, 3.05) is 20.4 Å². The van der Waals surface area contributed by atoms with Gasteiger partial charge in [-0.3, -0.25) is 9.20 Å². The van der Waals surface area contributed by atoms with Gasteiger partial charge in [-0.1, -0.05) is 35.1 Å². The lowest BCUT2D eigenvalue weighted by Crippen LogP contribution is -2.22. The summed E-state index contributed by atoms with van der Waals surface area (Å²) < 4.78 is 24.8. The summed E-state index contributed by atoms with van der Waals surface area (Å²) in [5.74, 6) is 0.0208. The van der Waals surface area contributed by atoms with E-state index >= 15 is 0 Å². The highest BCUT2D eigenvalue weighted by Crippen LogP contribution is 2.37. The molecular formula is C21H16ClFN2O4S. The summed E-state index contributed by atoms with van der Waals surface area (Å²) in [5.41, 5.74) is 1.88. The zero-order chi connectivity index (χ0) is 21.3. The minimum absolute atomic E-state index is 0.0806. The van der Waals surface area contributed by atoms with Crippen LogP contribution in [0.5, 0.6) is 17.2 Å². The Morgan fingerprint density at radius 3 is 2.67 bits per heavy atom. The molecule has 4 rings (SSSR count). The molecule has 0 atom stereocenters. The second kappa shape index (κ2) is 8.33. The van der Waals surface area contributed by atoms with E-state index in [1.54, 1.807) is 30.5 Å². The lowest BCUT2D eigenvalue weighted by atomic mass is 10.1. The van der Waals surface area contributed by atoms with Gasteiger partial charge >= 0.3 is 0 Å². The Kier molecular flexibility index (Phi) is 5.61. The number of alkyl halides is 1. The van der Waals surface area contributed by atoms with E-state index in [1.807, 2.05) is 12.1 Å². The van der Waals surface area contributed by atoms with Crippen molar-refractivity contribution < 1.29 is 19.0 Å². The summed E-state index contributed by atoms with van der Waals surface area (Å²) >= 11 is 7.15. The molecule has 154 valence electrons. The average Bonchev–Trinajstić information content (AvgIpc) is 3.28. The van der Waals surface area contributed by atoms with Crippen molar-refractivity contribution in [3.8, 4) is 28.5 Å². The number of benzene rings is 2. The third-order valence-electron chi connectivity index (χ3n) is 4.36. The zero-order valence-corrected chi connectivity index (χ0v) is 17.3. The van der Waals surface area contributed by atoms with Gasteiger partial charge in [0.05, 0.1) is 17.3 Å². The highest BCUT2D eigenvalue weighted by Gasteiger charge is 2.13. The number of ether oxygens (including phenoxy) is 2. The Balaban J connectivity index is 1.76. The number of fused-ring (bicyclic) bond motifs is 1. The predicted octanol–water partition coefficient (Wildman–Crippen LogP) is 3.69. The third kappa shape index (κ3) is 3.83. The number of imidazole rings is 1. The van der Waals surface area contributed by atoms with Crippen molar-refractivity contribution in [3.63, 3.8) is 0 Å². The summed E-state index contributed by atoms with van der Waals surface area (Å²) in [6, 6.07) is 10.3. The molecule has 0 radical (unpaired) electrons. The Labute approximate surface area is 179 Å². The maximum absolute atomic E-state index is 12.8. The summed E-state index contributed by atoms with van der Waals surface area (Å²) in [4.78, 5) is 17.9. The number of phenols is 1. The number of methoxy groups -OCH3 is 1. The molecule has 0 spiro atoms. The fourth-order valence-electron chi connectivity index (χ4n) is 2.94. The first-order valence-electron chi connectivity index (χ1n) is 8.89. The van der Waals surface area contributed by atoms with Gasteiger partial charge in [-0.2, -0.15) is 0 Å². The number of aromatic nitrogens is 2. The predicted molar refractivity (Wildman–Crippen MR) is 115 cm³/mol. The van der Waals surface area contributed by atoms with E-state index in [-0.39, 0.29) is 29.4 Å². The number of hydrogen-bond acceptors (Lipinski definition) is 6. The lowest BCUT2D eigenvalue weighted by Gasteiger charge is -2.11. The average molecular weight is 447 g/mol. The highest BCUT2D eigenvalue weighted by molar-refractivity contribution is 7.15. The van der Waals surface area contributed by atoms with Crippen LogP contribution in [0.1, 0.15) is 5.56 Å². The lowest BCUT2D eigenvalue weighted by molar-refractivity contribution is 0.258. The van der Waals surface area contributed by atoms with Crippen LogP contribution < -0.4 is 19.6 Å². The maximum Gasteiger partial charge on any atom is 0.274 e. The Bertz CT molecular complexity index is 1320. The first-order chi connectivity index (χ1) is 14.5. The minimum Gasteiger partial charge on any atom is -0.502 e. The van der Waals surface area contributed by atoms with Crippen molar-refractivity contribution in [1.82, 2.24) is 9.38 Å². The molecule has 2 aromatic carbocycles. The van der Waals surface area contributed by atoms with Crippen LogP contribution >= 0.6 is 22.9 Å². The van der Waals surface area contributed by atoms with Gasteiger partial charge in [-0.15, -0.1) is 0 Å². The van der Waals surface area contributed by atoms with E-state index in [1.165, 1.54) is 28.9 Å². The Morgan fingerprint density at radius 2 is 2.00 bits per heavy atom. The van der Waals surface area contributed by atoms with Gasteiger partial charge in [0.2, 0.25) is 5.75 Å². The molecule has 30 heavy (non-hydrogen) atoms. The molecule has 0 aliphatic heterocycles. The largest absolute Gasteiger partial charge is 0.502 e. The number of phenolic OH excluding ortho intramolecular Hbond substituents is 1. The smallest absolute Gasteiger partial charge is 0.274 e. The summed E-state index contributed by atoms with van der Waals surface area (Å²) in [5, 5.41) is 10.8. The number of halogens is 2. The molecule has 0 bridgehead atoms. The van der Waals surface area contributed by atoms with E-state index in [2.05, 4.69) is 4.98 Å². The van der Waals surface area contributed by atoms with E-state index in [9.17, 15) is 14.3 Å². The SMILES string of the molecule is COc1cc(C=c2sc3nc(-c4ccc(Cl)cc4)cn3c2=O)cc(OCCF)c1O. The van der Waals surface area contributed by atoms with Gasteiger partial charge in [-0.05, 0) is 35.9 Å². The quantitative estimate of drug-likeness (QED) is 0.489. The van der Waals surface area contributed by atoms with Crippen LogP contribution in [-0.2, 0) is 0 Å². The first kappa shape index (κ1) is 20.2. The normalized spacial score (nSPS) is 11.9. The van der Waals surface area contributed by atoms with Crippen LogP contribution in [0.3, 0.4) is 0 Å². The van der Waals surface area contributed by atoms with Crippen molar-refractivity contribution >= 4 is 34.0 Å². The van der Waals surface area contributed by atoms with Crippen molar-refractivity contribution in [2.45, 2.75) is 0 Å². The molecule has 0 saturated heterocycles. The van der Waals surface area contributed by atoms with E-state index in [4.69, 9.17) is 21.1 Å². The van der Waals surface area contributed by atoms with Crippen LogP contribution in [0, 0.1) is 0 Å². The molecular weight excluding hydrogens is 431 g/mol. The second-order valence-corrected chi connectivity index (χ2v) is 7.75. The molecule has 0 aliphatic carbocycles. The van der Waals surface area contributed by atoms with Gasteiger partial charge in [0.15, 0.2) is 16.5 Å². The van der Waals surface area contributed by atoms with Gasteiger partial charge in [0, 0.05) is 16.8 Å². The monoisotopic (exact) mass is 446 g/mol. The van der Waals surface area contributed by atoms with E-state index < -0.39 is 6.67 Å². The van der Waals surface area contributed by atoms with Crippen LogP contribution in [0.4, 0.5) is 4.39 Å². The summed E-state index contributed by atoms with van der Waals surface area (Å²) in [7, 11) is 1.40. The molecule has 0 amide bonds. The second-order valence-electron chi connectivity index (χ2n) is 6.31. The molecule has 0 unspecified atom stereocenters. The molecule has 0 fully saturated rings. The van der Waals surface area contributed by atoms with Gasteiger partial charge in [0.25, 0.3) is 5.56 Å². The number of thiazole rings is 1. The van der Waals surface area contributed by atoms with Gasteiger partial charge < -0.3 is 14.6 Å². The van der Waals surface area contributed by atoms with Gasteiger partial charge in [0.1, 0.15) is 13.3 Å². The maximum atomic E-state index is 12.8. The van der Waals surface area contributed by atoms with E-state index in [0.717, 1.165) is 5.56 Å². The zero-order valence-electron chi connectivity index (χ0n) is 15.8. The van der Waals surface area contributed by atoms with Gasteiger partial charge in [-0.25, -0.2) is 9.37 Å². The summed E-state index contributed by atoms with van der Waals surface area (Å²) in [6.45, 7) is -0.897. The molecule has 2 aromatic heterocycles. The Hall–Kier alpha value is -3.10. The number of rotatable bonds is 6. The topological polar surface area (TPSA) is 73.1 Å². The molecule has 0 aliphatic rings. The summed E-state index contributed by atoms with van der Waals surface area (Å²) in [6.07, 6.45) is 3.33.